The van der Waals surface area contributed by atoms with Gasteiger partial charge in [-0.1, -0.05) is 23.7 Å². The minimum Gasteiger partial charge on any atom is -0.263 e. The normalized spacial score (nSPS) is 11.8. The Labute approximate surface area is 121 Å². The Morgan fingerprint density at radius 3 is 2.75 bits per heavy atom. The first-order chi connectivity index (χ1) is 9.41. The van der Waals surface area contributed by atoms with Crippen LogP contribution in [0.4, 0.5) is 4.39 Å². The van der Waals surface area contributed by atoms with E-state index in [-0.39, 0.29) is 16.5 Å². The van der Waals surface area contributed by atoms with Crippen LogP contribution in [0.5, 0.6) is 0 Å². The molecule has 0 spiro atoms. The molecule has 0 saturated carbocycles. The van der Waals surface area contributed by atoms with E-state index >= 15 is 0 Å². The van der Waals surface area contributed by atoms with E-state index in [4.69, 9.17) is 11.6 Å². The van der Waals surface area contributed by atoms with Gasteiger partial charge < -0.3 is 0 Å². The monoisotopic (exact) mass is 314 g/mol. The maximum Gasteiger partial charge on any atom is 0.246 e. The highest BCUT2D eigenvalue weighted by atomic mass is 35.5. The van der Waals surface area contributed by atoms with Crippen molar-refractivity contribution in [3.8, 4) is 0 Å². The Bertz CT molecular complexity index is 722. The van der Waals surface area contributed by atoms with Gasteiger partial charge >= 0.3 is 0 Å². The Morgan fingerprint density at radius 1 is 1.35 bits per heavy atom. The number of nitrogens with zero attached hydrogens (tertiary/aromatic N) is 2. The van der Waals surface area contributed by atoms with Crippen LogP contribution in [0.2, 0.25) is 5.02 Å². The van der Waals surface area contributed by atoms with Gasteiger partial charge in [-0.2, -0.15) is 4.31 Å². The molecule has 1 aromatic carbocycles. The molecule has 0 N–H and O–H groups in total. The predicted octanol–water partition coefficient (Wildman–Crippen LogP) is 2.69. The van der Waals surface area contributed by atoms with Crippen molar-refractivity contribution in [3.63, 3.8) is 0 Å². The molecule has 20 heavy (non-hydrogen) atoms. The largest absolute Gasteiger partial charge is 0.263 e. The average Bonchev–Trinajstić information content (AvgIpc) is 2.39. The van der Waals surface area contributed by atoms with Gasteiger partial charge in [0.25, 0.3) is 0 Å². The predicted molar refractivity (Wildman–Crippen MR) is 74.3 cm³/mol. The molecule has 2 aromatic rings. The van der Waals surface area contributed by atoms with Gasteiger partial charge in [-0.05, 0) is 23.8 Å². The zero-order valence-corrected chi connectivity index (χ0v) is 12.2. The summed E-state index contributed by atoms with van der Waals surface area (Å²) in [4.78, 5) is 3.70. The molecule has 0 unspecified atom stereocenters. The Hall–Kier alpha value is -1.50. The highest BCUT2D eigenvalue weighted by Crippen LogP contribution is 2.23. The van der Waals surface area contributed by atoms with Crippen molar-refractivity contribution < 1.29 is 12.8 Å². The van der Waals surface area contributed by atoms with Gasteiger partial charge in [0.2, 0.25) is 10.0 Å². The summed E-state index contributed by atoms with van der Waals surface area (Å²) in [5.74, 6) is -0.410. The summed E-state index contributed by atoms with van der Waals surface area (Å²) in [5.41, 5.74) is 0.552. The van der Waals surface area contributed by atoms with E-state index in [1.165, 1.54) is 43.7 Å². The summed E-state index contributed by atoms with van der Waals surface area (Å²) in [6.07, 6.45) is 2.60. The minimum atomic E-state index is -3.76. The van der Waals surface area contributed by atoms with Crippen molar-refractivity contribution in [2.45, 2.75) is 11.4 Å². The summed E-state index contributed by atoms with van der Waals surface area (Å²) in [6.45, 7) is 0.0469. The molecule has 4 nitrogen and oxygen atoms in total. The molecule has 7 heteroatoms. The molecular formula is C13H12ClFN2O2S. The lowest BCUT2D eigenvalue weighted by Gasteiger charge is -2.17. The van der Waals surface area contributed by atoms with Crippen molar-refractivity contribution in [1.29, 1.82) is 0 Å². The van der Waals surface area contributed by atoms with E-state index in [0.29, 0.717) is 5.56 Å². The van der Waals surface area contributed by atoms with Crippen LogP contribution in [0.15, 0.2) is 47.6 Å². The third kappa shape index (κ3) is 3.15. The lowest BCUT2D eigenvalue weighted by atomic mass is 10.2. The summed E-state index contributed by atoms with van der Waals surface area (Å²) in [6, 6.07) is 7.18. The Balaban J connectivity index is 2.29. The molecule has 0 radical (unpaired) electrons. The van der Waals surface area contributed by atoms with Crippen LogP contribution in [0.1, 0.15) is 5.56 Å². The van der Waals surface area contributed by atoms with E-state index in [9.17, 15) is 12.8 Å². The Kier molecular flexibility index (Phi) is 4.37. The highest BCUT2D eigenvalue weighted by Gasteiger charge is 2.23. The molecule has 0 aliphatic carbocycles. The molecular weight excluding hydrogens is 303 g/mol. The van der Waals surface area contributed by atoms with Gasteiger partial charge in [-0.3, -0.25) is 4.98 Å². The SMILES string of the molecule is CN(Cc1cccc(F)c1)S(=O)(=O)c1cnccc1Cl. The van der Waals surface area contributed by atoms with Crippen LogP contribution in [0.25, 0.3) is 0 Å². The first-order valence-corrected chi connectivity index (χ1v) is 7.53. The van der Waals surface area contributed by atoms with Crippen molar-refractivity contribution in [1.82, 2.24) is 9.29 Å². The lowest BCUT2D eigenvalue weighted by Crippen LogP contribution is -2.26. The molecule has 0 atom stereocenters. The first-order valence-electron chi connectivity index (χ1n) is 5.71. The fraction of sp³-hybridized carbons (Fsp3) is 0.154. The second kappa shape index (κ2) is 5.87. The van der Waals surface area contributed by atoms with Crippen molar-refractivity contribution in [3.05, 3.63) is 59.1 Å². The number of halogens is 2. The van der Waals surface area contributed by atoms with E-state index < -0.39 is 15.8 Å². The van der Waals surface area contributed by atoms with E-state index in [0.717, 1.165) is 4.31 Å². The summed E-state index contributed by atoms with van der Waals surface area (Å²) >= 11 is 5.88. The number of hydrogen-bond acceptors (Lipinski definition) is 3. The van der Waals surface area contributed by atoms with Crippen molar-refractivity contribution in [2.75, 3.05) is 7.05 Å². The molecule has 0 bridgehead atoms. The topological polar surface area (TPSA) is 50.3 Å². The van der Waals surface area contributed by atoms with E-state index in [1.54, 1.807) is 6.07 Å². The zero-order valence-electron chi connectivity index (χ0n) is 10.6. The maximum atomic E-state index is 13.1. The van der Waals surface area contributed by atoms with Crippen LogP contribution < -0.4 is 0 Å². The number of aromatic nitrogens is 1. The van der Waals surface area contributed by atoms with Gasteiger partial charge in [0, 0.05) is 26.0 Å². The fourth-order valence-corrected chi connectivity index (χ4v) is 3.26. The minimum absolute atomic E-state index is 0.0469. The number of sulfonamides is 1. The molecule has 0 saturated heterocycles. The van der Waals surface area contributed by atoms with Gasteiger partial charge in [-0.25, -0.2) is 12.8 Å². The number of benzene rings is 1. The van der Waals surface area contributed by atoms with Crippen molar-refractivity contribution >= 4 is 21.6 Å². The van der Waals surface area contributed by atoms with Crippen LogP contribution in [0.3, 0.4) is 0 Å². The third-order valence-corrected chi connectivity index (χ3v) is 4.99. The number of hydrogen-bond donors (Lipinski definition) is 0. The zero-order chi connectivity index (χ0) is 14.8. The fourth-order valence-electron chi connectivity index (χ4n) is 1.70. The van der Waals surface area contributed by atoms with Crippen LogP contribution in [-0.4, -0.2) is 24.8 Å². The van der Waals surface area contributed by atoms with Crippen LogP contribution >= 0.6 is 11.6 Å². The van der Waals surface area contributed by atoms with Gasteiger partial charge in [-0.15, -0.1) is 0 Å². The smallest absolute Gasteiger partial charge is 0.246 e. The summed E-state index contributed by atoms with van der Waals surface area (Å²) in [5, 5.41) is 0.103. The number of pyridine rings is 1. The van der Waals surface area contributed by atoms with Crippen LogP contribution in [0, 0.1) is 5.82 Å². The van der Waals surface area contributed by atoms with Gasteiger partial charge in [0.05, 0.1) is 5.02 Å². The molecule has 2 rings (SSSR count). The van der Waals surface area contributed by atoms with E-state index in [2.05, 4.69) is 4.98 Å². The second-order valence-corrected chi connectivity index (χ2v) is 6.62. The quantitative estimate of drug-likeness (QED) is 0.872. The van der Waals surface area contributed by atoms with E-state index in [1.807, 2.05) is 0 Å². The molecule has 0 fully saturated rings. The standard InChI is InChI=1S/C13H12ClFN2O2S/c1-17(9-10-3-2-4-11(15)7-10)20(18,19)13-8-16-6-5-12(13)14/h2-8H,9H2,1H3. The summed E-state index contributed by atoms with van der Waals surface area (Å²) < 4.78 is 38.9. The highest BCUT2D eigenvalue weighted by molar-refractivity contribution is 7.89. The van der Waals surface area contributed by atoms with Crippen molar-refractivity contribution in [2.24, 2.45) is 0 Å². The summed E-state index contributed by atoms with van der Waals surface area (Å²) in [7, 11) is -2.36. The molecule has 1 heterocycles. The lowest BCUT2D eigenvalue weighted by molar-refractivity contribution is 0.465. The molecule has 0 aliphatic heterocycles. The number of rotatable bonds is 4. The third-order valence-electron chi connectivity index (χ3n) is 2.72. The van der Waals surface area contributed by atoms with Gasteiger partial charge in [0.1, 0.15) is 10.7 Å². The second-order valence-electron chi connectivity index (χ2n) is 4.20. The molecule has 1 aromatic heterocycles. The molecule has 0 aliphatic rings. The maximum absolute atomic E-state index is 13.1. The average molecular weight is 315 g/mol. The Morgan fingerprint density at radius 2 is 2.10 bits per heavy atom. The van der Waals surface area contributed by atoms with Gasteiger partial charge in [0.15, 0.2) is 0 Å². The first kappa shape index (κ1) is 14.9. The molecule has 0 amide bonds. The molecule has 106 valence electrons. The van der Waals surface area contributed by atoms with Crippen LogP contribution in [-0.2, 0) is 16.6 Å².